The fraction of sp³-hybridized carbons (Fsp3) is 0.125. The molecule has 0 unspecified atom stereocenters. The van der Waals surface area contributed by atoms with Crippen LogP contribution in [0.25, 0.3) is 16.7 Å². The Kier molecular flexibility index (Phi) is 4.01. The van der Waals surface area contributed by atoms with Crippen molar-refractivity contribution in [1.82, 2.24) is 25.0 Å². The summed E-state index contributed by atoms with van der Waals surface area (Å²) in [6, 6.07) is 10.1. The molecule has 0 aliphatic heterocycles. The molecule has 0 aliphatic rings. The van der Waals surface area contributed by atoms with Crippen LogP contribution < -0.4 is 4.90 Å². The lowest BCUT2D eigenvalue weighted by Crippen LogP contribution is -2.19. The standard InChI is InChI=1S/C16H11BrClFN6/c1-2-24(12-6-9(17)5-11(19)8-12)15-13-4-3-10(18)7-14(13)25-16(20-15)21-22-23-25/h3-8H,2H2,1H3. The highest BCUT2D eigenvalue weighted by Gasteiger charge is 2.18. The van der Waals surface area contributed by atoms with Crippen molar-refractivity contribution < 1.29 is 4.39 Å². The Labute approximate surface area is 155 Å². The summed E-state index contributed by atoms with van der Waals surface area (Å²) in [6.45, 7) is 2.55. The minimum atomic E-state index is -0.333. The third-order valence-corrected chi connectivity index (χ3v) is 4.51. The topological polar surface area (TPSA) is 59.2 Å². The molecule has 2 aromatic heterocycles. The second kappa shape index (κ2) is 6.20. The largest absolute Gasteiger partial charge is 0.326 e. The Morgan fingerprint density at radius 1 is 1.24 bits per heavy atom. The van der Waals surface area contributed by atoms with Crippen molar-refractivity contribution in [2.75, 3.05) is 11.4 Å². The predicted octanol–water partition coefficient (Wildman–Crippen LogP) is 4.39. The Balaban J connectivity index is 2.02. The number of hydrogen-bond donors (Lipinski definition) is 0. The van der Waals surface area contributed by atoms with Crippen molar-refractivity contribution in [3.05, 3.63) is 51.7 Å². The summed E-state index contributed by atoms with van der Waals surface area (Å²) in [7, 11) is 0. The van der Waals surface area contributed by atoms with Crippen LogP contribution in [0.5, 0.6) is 0 Å². The molecule has 2 aromatic carbocycles. The summed E-state index contributed by atoms with van der Waals surface area (Å²) in [6.07, 6.45) is 0. The van der Waals surface area contributed by atoms with Crippen molar-refractivity contribution in [3.8, 4) is 0 Å². The number of rotatable bonds is 3. The molecule has 0 spiro atoms. The fourth-order valence-electron chi connectivity index (χ4n) is 2.79. The lowest BCUT2D eigenvalue weighted by atomic mass is 10.2. The summed E-state index contributed by atoms with van der Waals surface area (Å²) in [5.74, 6) is 0.646. The molecular formula is C16H11BrClFN6. The van der Waals surface area contributed by atoms with E-state index in [1.807, 2.05) is 24.0 Å². The number of halogens is 3. The van der Waals surface area contributed by atoms with Crippen LogP contribution in [0.3, 0.4) is 0 Å². The van der Waals surface area contributed by atoms with Crippen LogP contribution in [-0.2, 0) is 0 Å². The normalized spacial score (nSPS) is 11.4. The summed E-state index contributed by atoms with van der Waals surface area (Å²) in [5, 5.41) is 13.0. The number of aromatic nitrogens is 5. The van der Waals surface area contributed by atoms with Gasteiger partial charge in [0.1, 0.15) is 11.6 Å². The number of anilines is 2. The van der Waals surface area contributed by atoms with Gasteiger partial charge in [0.25, 0.3) is 5.78 Å². The number of nitrogens with zero attached hydrogens (tertiary/aromatic N) is 6. The maximum absolute atomic E-state index is 13.9. The van der Waals surface area contributed by atoms with Gasteiger partial charge < -0.3 is 4.90 Å². The van der Waals surface area contributed by atoms with Gasteiger partial charge in [0, 0.05) is 27.1 Å². The smallest absolute Gasteiger partial charge is 0.275 e. The van der Waals surface area contributed by atoms with Gasteiger partial charge in [0.15, 0.2) is 0 Å². The van der Waals surface area contributed by atoms with Gasteiger partial charge in [-0.05, 0) is 53.7 Å². The van der Waals surface area contributed by atoms with Crippen LogP contribution in [0.1, 0.15) is 6.92 Å². The van der Waals surface area contributed by atoms with Crippen molar-refractivity contribution in [1.29, 1.82) is 0 Å². The first kappa shape index (κ1) is 16.2. The van der Waals surface area contributed by atoms with Crippen molar-refractivity contribution >= 4 is 55.7 Å². The molecule has 6 nitrogen and oxygen atoms in total. The monoisotopic (exact) mass is 420 g/mol. The third-order valence-electron chi connectivity index (χ3n) is 3.82. The van der Waals surface area contributed by atoms with Crippen LogP contribution in [0, 0.1) is 5.82 Å². The fourth-order valence-corrected chi connectivity index (χ4v) is 3.41. The quantitative estimate of drug-likeness (QED) is 0.491. The average Bonchev–Trinajstić information content (AvgIpc) is 3.03. The highest BCUT2D eigenvalue weighted by atomic mass is 79.9. The molecule has 0 radical (unpaired) electrons. The minimum absolute atomic E-state index is 0.333. The molecule has 0 saturated carbocycles. The first-order valence-corrected chi connectivity index (χ1v) is 8.65. The molecule has 4 rings (SSSR count). The second-order valence-electron chi connectivity index (χ2n) is 5.36. The Hall–Kier alpha value is -2.32. The van der Waals surface area contributed by atoms with Gasteiger partial charge >= 0.3 is 0 Å². The molecule has 25 heavy (non-hydrogen) atoms. The molecule has 0 N–H and O–H groups in total. The molecule has 9 heteroatoms. The maximum atomic E-state index is 13.9. The molecule has 0 aliphatic carbocycles. The summed E-state index contributed by atoms with van der Waals surface area (Å²) < 4.78 is 16.1. The highest BCUT2D eigenvalue weighted by Crippen LogP contribution is 2.33. The number of tetrazole rings is 1. The zero-order chi connectivity index (χ0) is 17.6. The third kappa shape index (κ3) is 2.81. The Bertz CT molecular complexity index is 1080. The van der Waals surface area contributed by atoms with Crippen LogP contribution in [0.15, 0.2) is 40.9 Å². The van der Waals surface area contributed by atoms with E-state index >= 15 is 0 Å². The molecule has 0 fully saturated rings. The van der Waals surface area contributed by atoms with Gasteiger partial charge in [0.2, 0.25) is 0 Å². The van der Waals surface area contributed by atoms with Crippen LogP contribution >= 0.6 is 27.5 Å². The van der Waals surface area contributed by atoms with E-state index in [0.29, 0.717) is 33.3 Å². The predicted molar refractivity (Wildman–Crippen MR) is 97.9 cm³/mol. The average molecular weight is 422 g/mol. The molecular weight excluding hydrogens is 411 g/mol. The van der Waals surface area contributed by atoms with Gasteiger partial charge in [0.05, 0.1) is 5.52 Å². The summed E-state index contributed by atoms with van der Waals surface area (Å²) >= 11 is 9.47. The molecule has 0 atom stereocenters. The molecule has 4 aromatic rings. The van der Waals surface area contributed by atoms with Crippen molar-refractivity contribution in [3.63, 3.8) is 0 Å². The van der Waals surface area contributed by atoms with E-state index in [9.17, 15) is 4.39 Å². The van der Waals surface area contributed by atoms with Gasteiger partial charge in [-0.2, -0.15) is 9.50 Å². The summed E-state index contributed by atoms with van der Waals surface area (Å²) in [4.78, 5) is 6.47. The van der Waals surface area contributed by atoms with Crippen LogP contribution in [0.4, 0.5) is 15.9 Å². The van der Waals surface area contributed by atoms with E-state index in [0.717, 1.165) is 10.9 Å². The van der Waals surface area contributed by atoms with E-state index < -0.39 is 0 Å². The zero-order valence-corrected chi connectivity index (χ0v) is 15.3. The Morgan fingerprint density at radius 2 is 2.08 bits per heavy atom. The SMILES string of the molecule is CCN(c1cc(F)cc(Br)c1)c1nc2nnnn2c2cc(Cl)ccc12. The van der Waals surface area contributed by atoms with Crippen LogP contribution in [-0.4, -0.2) is 31.6 Å². The molecule has 0 bridgehead atoms. The summed E-state index contributed by atoms with van der Waals surface area (Å²) in [5.41, 5.74) is 1.40. The van der Waals surface area contributed by atoms with E-state index in [4.69, 9.17) is 11.6 Å². The van der Waals surface area contributed by atoms with E-state index in [1.54, 1.807) is 12.1 Å². The minimum Gasteiger partial charge on any atom is -0.326 e. The maximum Gasteiger partial charge on any atom is 0.275 e. The lowest BCUT2D eigenvalue weighted by Gasteiger charge is -2.24. The highest BCUT2D eigenvalue weighted by molar-refractivity contribution is 9.10. The van der Waals surface area contributed by atoms with E-state index in [1.165, 1.54) is 16.6 Å². The van der Waals surface area contributed by atoms with E-state index in [2.05, 4.69) is 36.4 Å². The first-order valence-electron chi connectivity index (χ1n) is 7.48. The second-order valence-corrected chi connectivity index (χ2v) is 6.71. The molecule has 126 valence electrons. The van der Waals surface area contributed by atoms with Gasteiger partial charge in [-0.15, -0.1) is 0 Å². The number of fused-ring (bicyclic) bond motifs is 3. The molecule has 0 saturated heterocycles. The van der Waals surface area contributed by atoms with Gasteiger partial charge in [-0.1, -0.05) is 32.6 Å². The van der Waals surface area contributed by atoms with Crippen molar-refractivity contribution in [2.24, 2.45) is 0 Å². The zero-order valence-electron chi connectivity index (χ0n) is 13.0. The van der Waals surface area contributed by atoms with Gasteiger partial charge in [-0.25, -0.2) is 4.39 Å². The van der Waals surface area contributed by atoms with E-state index in [-0.39, 0.29) is 5.82 Å². The molecule has 0 amide bonds. The van der Waals surface area contributed by atoms with Crippen LogP contribution in [0.2, 0.25) is 5.02 Å². The lowest BCUT2D eigenvalue weighted by molar-refractivity contribution is 0.626. The van der Waals surface area contributed by atoms with Crippen molar-refractivity contribution in [2.45, 2.75) is 6.92 Å². The Morgan fingerprint density at radius 3 is 2.84 bits per heavy atom. The molecule has 2 heterocycles. The first-order chi connectivity index (χ1) is 12.1. The number of benzene rings is 2. The number of hydrogen-bond acceptors (Lipinski definition) is 5. The van der Waals surface area contributed by atoms with Gasteiger partial charge in [-0.3, -0.25) is 0 Å².